The van der Waals surface area contributed by atoms with E-state index in [1.54, 1.807) is 5.57 Å². The minimum atomic E-state index is -0.0790. The lowest BCUT2D eigenvalue weighted by molar-refractivity contribution is -0.0574. The minimum Gasteiger partial charge on any atom is -0.393 e. The molecule has 0 aliphatic heterocycles. The van der Waals surface area contributed by atoms with Crippen LogP contribution in [0.3, 0.4) is 0 Å². The molecule has 4 aliphatic carbocycles. The van der Waals surface area contributed by atoms with Crippen molar-refractivity contribution >= 4 is 0 Å². The first-order valence-electron chi connectivity index (χ1n) is 13.0. The molecular formula is C28H48O. The van der Waals surface area contributed by atoms with Gasteiger partial charge in [0.15, 0.2) is 0 Å². The Bertz CT molecular complexity index is 620. The maximum Gasteiger partial charge on any atom is 0.0577 e. The molecule has 0 radical (unpaired) electrons. The highest BCUT2D eigenvalue weighted by molar-refractivity contribution is 5.25. The van der Waals surface area contributed by atoms with E-state index in [1.165, 1.54) is 51.4 Å². The van der Waals surface area contributed by atoms with Crippen LogP contribution < -0.4 is 0 Å². The number of hydrogen-bond donors (Lipinski definition) is 1. The van der Waals surface area contributed by atoms with Gasteiger partial charge in [0.25, 0.3) is 0 Å². The third-order valence-corrected chi connectivity index (χ3v) is 11.1. The molecule has 4 rings (SSSR count). The fourth-order valence-electron chi connectivity index (χ4n) is 8.68. The van der Waals surface area contributed by atoms with Crippen LogP contribution in [0.2, 0.25) is 0 Å². The van der Waals surface area contributed by atoms with E-state index in [9.17, 15) is 5.11 Å². The number of rotatable bonds is 5. The first-order chi connectivity index (χ1) is 13.7. The quantitative estimate of drug-likeness (QED) is 0.470. The van der Waals surface area contributed by atoms with Crippen molar-refractivity contribution in [1.82, 2.24) is 0 Å². The number of fused-ring (bicyclic) bond motifs is 5. The van der Waals surface area contributed by atoms with Gasteiger partial charge in [-0.2, -0.15) is 0 Å². The Labute approximate surface area is 181 Å². The minimum absolute atomic E-state index is 0.0790. The summed E-state index contributed by atoms with van der Waals surface area (Å²) >= 11 is 0. The largest absolute Gasteiger partial charge is 0.393 e. The van der Waals surface area contributed by atoms with Gasteiger partial charge in [0.05, 0.1) is 6.10 Å². The van der Waals surface area contributed by atoms with E-state index in [-0.39, 0.29) is 6.10 Å². The summed E-state index contributed by atoms with van der Waals surface area (Å²) in [7, 11) is 0. The van der Waals surface area contributed by atoms with Crippen molar-refractivity contribution in [1.29, 1.82) is 0 Å². The molecule has 166 valence electrons. The van der Waals surface area contributed by atoms with E-state index in [0.717, 1.165) is 54.3 Å². The van der Waals surface area contributed by atoms with Crippen molar-refractivity contribution < 1.29 is 5.11 Å². The van der Waals surface area contributed by atoms with E-state index in [1.807, 2.05) is 0 Å². The molecule has 0 aromatic rings. The monoisotopic (exact) mass is 400 g/mol. The summed E-state index contributed by atoms with van der Waals surface area (Å²) in [6, 6.07) is 0. The fourth-order valence-corrected chi connectivity index (χ4v) is 8.68. The van der Waals surface area contributed by atoms with E-state index in [0.29, 0.717) is 10.8 Å². The lowest BCUT2D eigenvalue weighted by Crippen LogP contribution is -2.50. The normalized spacial score (nSPS) is 46.5. The summed E-state index contributed by atoms with van der Waals surface area (Å²) < 4.78 is 0. The van der Waals surface area contributed by atoms with Gasteiger partial charge in [-0.15, -0.1) is 0 Å². The number of aliphatic hydroxyl groups excluding tert-OH is 1. The molecule has 9 atom stereocenters. The van der Waals surface area contributed by atoms with Crippen LogP contribution >= 0.6 is 0 Å². The van der Waals surface area contributed by atoms with Gasteiger partial charge < -0.3 is 5.11 Å². The predicted octanol–water partition coefficient (Wildman–Crippen LogP) is 7.63. The molecule has 29 heavy (non-hydrogen) atoms. The molecule has 0 aromatic carbocycles. The van der Waals surface area contributed by atoms with Gasteiger partial charge in [0, 0.05) is 0 Å². The lowest BCUT2D eigenvalue weighted by atomic mass is 9.47. The highest BCUT2D eigenvalue weighted by Crippen LogP contribution is 2.67. The maximum absolute atomic E-state index is 10.2. The van der Waals surface area contributed by atoms with Gasteiger partial charge >= 0.3 is 0 Å². The van der Waals surface area contributed by atoms with Crippen LogP contribution in [0, 0.1) is 52.3 Å². The molecule has 3 saturated carbocycles. The molecule has 0 bridgehead atoms. The van der Waals surface area contributed by atoms with E-state index >= 15 is 0 Å². The van der Waals surface area contributed by atoms with Gasteiger partial charge in [0.2, 0.25) is 0 Å². The highest BCUT2D eigenvalue weighted by Gasteiger charge is 2.59. The summed E-state index contributed by atoms with van der Waals surface area (Å²) in [5.41, 5.74) is 2.59. The molecule has 0 unspecified atom stereocenters. The third kappa shape index (κ3) is 3.66. The summed E-state index contributed by atoms with van der Waals surface area (Å²) in [4.78, 5) is 0. The third-order valence-electron chi connectivity index (χ3n) is 11.1. The second kappa shape index (κ2) is 7.99. The van der Waals surface area contributed by atoms with Crippen molar-refractivity contribution in [2.75, 3.05) is 0 Å². The highest BCUT2D eigenvalue weighted by atomic mass is 16.3. The topological polar surface area (TPSA) is 20.2 Å². The maximum atomic E-state index is 10.2. The Morgan fingerprint density at radius 1 is 0.966 bits per heavy atom. The second-order valence-electron chi connectivity index (χ2n) is 12.7. The average Bonchev–Trinajstić information content (AvgIpc) is 3.03. The van der Waals surface area contributed by atoms with E-state index in [4.69, 9.17) is 0 Å². The Hall–Kier alpha value is -0.300. The Morgan fingerprint density at radius 2 is 1.72 bits per heavy atom. The summed E-state index contributed by atoms with van der Waals surface area (Å²) in [6.07, 6.45) is 15.7. The van der Waals surface area contributed by atoms with Crippen molar-refractivity contribution in [2.24, 2.45) is 52.3 Å². The molecule has 1 N–H and O–H groups in total. The Morgan fingerprint density at radius 3 is 2.45 bits per heavy atom. The van der Waals surface area contributed by atoms with E-state index < -0.39 is 0 Å². The number of aliphatic hydroxyl groups is 1. The molecule has 1 nitrogen and oxygen atoms in total. The van der Waals surface area contributed by atoms with Gasteiger partial charge in [-0.1, -0.05) is 66.0 Å². The summed E-state index contributed by atoms with van der Waals surface area (Å²) in [5, 5.41) is 10.2. The fraction of sp³-hybridized carbons (Fsp3) is 0.929. The molecule has 1 heteroatoms. The van der Waals surface area contributed by atoms with Crippen molar-refractivity contribution in [2.45, 2.75) is 112 Å². The van der Waals surface area contributed by atoms with E-state index in [2.05, 4.69) is 47.6 Å². The van der Waals surface area contributed by atoms with Crippen LogP contribution in [0.25, 0.3) is 0 Å². The van der Waals surface area contributed by atoms with Crippen LogP contribution in [0.4, 0.5) is 0 Å². The molecule has 0 heterocycles. The van der Waals surface area contributed by atoms with Crippen LogP contribution in [0.15, 0.2) is 11.6 Å². The van der Waals surface area contributed by atoms with Crippen LogP contribution in [0.1, 0.15) is 106 Å². The number of allylic oxidation sites excluding steroid dienone is 1. The lowest BCUT2D eigenvalue weighted by Gasteiger charge is -2.58. The molecule has 0 spiro atoms. The Kier molecular flexibility index (Phi) is 6.04. The SMILES string of the molecule is CC(C)[C@H](C)CC[C@@H](C)[C@H]1CC[C@H]2[C@@H]3CC=C4C[C@@H](O)CC[C@@]4(C)[C@@H]3CC[C@@]12C. The second-order valence-corrected chi connectivity index (χ2v) is 12.7. The average molecular weight is 401 g/mol. The standard InChI is InChI=1S/C28H48O/c1-18(2)19(3)7-8-20(4)24-11-12-25-23-10-9-21-17-22(29)13-15-27(21,5)26(23)14-16-28(24,25)6/h9,18-20,22-26,29H,7-8,10-17H2,1-6H3/t19-,20-,22+,23+,24-,25+,26-,27-,28+/m1/s1. The molecule has 3 fully saturated rings. The van der Waals surface area contributed by atoms with Crippen molar-refractivity contribution in [3.8, 4) is 0 Å². The summed E-state index contributed by atoms with van der Waals surface area (Å²) in [6.45, 7) is 15.1. The van der Waals surface area contributed by atoms with Crippen molar-refractivity contribution in [3.63, 3.8) is 0 Å². The first-order valence-corrected chi connectivity index (χ1v) is 13.0. The first kappa shape index (κ1) is 21.9. The molecular weight excluding hydrogens is 352 g/mol. The van der Waals surface area contributed by atoms with Gasteiger partial charge in [0.1, 0.15) is 0 Å². The zero-order valence-corrected chi connectivity index (χ0v) is 20.2. The molecule has 4 aliphatic rings. The molecule has 0 amide bonds. The van der Waals surface area contributed by atoms with Crippen LogP contribution in [0.5, 0.6) is 0 Å². The van der Waals surface area contributed by atoms with Crippen LogP contribution in [-0.2, 0) is 0 Å². The van der Waals surface area contributed by atoms with Gasteiger partial charge in [-0.3, -0.25) is 0 Å². The molecule has 0 saturated heterocycles. The van der Waals surface area contributed by atoms with Gasteiger partial charge in [-0.05, 0) is 104 Å². The van der Waals surface area contributed by atoms with Gasteiger partial charge in [-0.25, -0.2) is 0 Å². The van der Waals surface area contributed by atoms with Crippen LogP contribution in [-0.4, -0.2) is 11.2 Å². The smallest absolute Gasteiger partial charge is 0.0577 e. The zero-order valence-electron chi connectivity index (χ0n) is 20.2. The summed E-state index contributed by atoms with van der Waals surface area (Å²) in [5.74, 6) is 6.24. The number of hydrogen-bond acceptors (Lipinski definition) is 1. The zero-order chi connectivity index (χ0) is 21.0. The Balaban J connectivity index is 1.49. The predicted molar refractivity (Wildman–Crippen MR) is 124 cm³/mol. The molecule has 0 aromatic heterocycles. The van der Waals surface area contributed by atoms with Crippen molar-refractivity contribution in [3.05, 3.63) is 11.6 Å².